The van der Waals surface area contributed by atoms with Crippen molar-refractivity contribution in [3.05, 3.63) is 0 Å². The predicted octanol–water partition coefficient (Wildman–Crippen LogP) is 1.70. The van der Waals surface area contributed by atoms with E-state index in [0.717, 1.165) is 0 Å². The summed E-state index contributed by atoms with van der Waals surface area (Å²) in [4.78, 5) is 2.85. The van der Waals surface area contributed by atoms with Crippen LogP contribution in [0.15, 0.2) is 15.2 Å². The van der Waals surface area contributed by atoms with E-state index in [9.17, 15) is 13.2 Å². The minimum Gasteiger partial charge on any atom is -0.191 e. The van der Waals surface area contributed by atoms with Crippen LogP contribution in [0.5, 0.6) is 0 Å². The number of rotatable bonds is 0. The number of aliphatic imine (C=N–C) groups is 1. The van der Waals surface area contributed by atoms with E-state index in [1.807, 2.05) is 0 Å². The van der Waals surface area contributed by atoms with Crippen LogP contribution in [0.2, 0.25) is 0 Å². The Morgan fingerprint density at radius 3 is 2.00 bits per heavy atom. The molecule has 10 heavy (non-hydrogen) atoms. The van der Waals surface area contributed by atoms with E-state index in [1.54, 1.807) is 0 Å². The molecule has 1 aliphatic heterocycles. The quantitative estimate of drug-likeness (QED) is 0.506. The molecule has 0 unspecified atom stereocenters. The second-order valence-corrected chi connectivity index (χ2v) is 1.78. The summed E-state index contributed by atoms with van der Waals surface area (Å²) in [5, 5.41) is 5.23. The first kappa shape index (κ1) is 7.26. The zero-order valence-corrected chi connectivity index (χ0v) is 5.20. The van der Waals surface area contributed by atoms with E-state index in [-0.39, 0.29) is 5.11 Å². The van der Waals surface area contributed by atoms with Crippen LogP contribution in [0, 0.1) is 0 Å². The van der Waals surface area contributed by atoms with Gasteiger partial charge in [-0.2, -0.15) is 18.2 Å². The molecule has 0 fully saturated rings. The fourth-order valence-electron chi connectivity index (χ4n) is 0.346. The third-order valence-corrected chi connectivity index (χ3v) is 0.858. The first-order valence-electron chi connectivity index (χ1n) is 2.12. The molecule has 1 rings (SSSR count). The molecule has 0 aromatic carbocycles. The van der Waals surface area contributed by atoms with Gasteiger partial charge in [-0.15, -0.1) is 10.2 Å². The van der Waals surface area contributed by atoms with Gasteiger partial charge in [-0.3, -0.25) is 0 Å². The highest BCUT2D eigenvalue weighted by atomic mass is 32.1. The van der Waals surface area contributed by atoms with E-state index in [4.69, 9.17) is 0 Å². The second kappa shape index (κ2) is 2.08. The lowest BCUT2D eigenvalue weighted by atomic mass is 10.6. The molecule has 0 saturated carbocycles. The molecule has 3 nitrogen and oxygen atoms in total. The molecule has 0 atom stereocenters. The van der Waals surface area contributed by atoms with Crippen molar-refractivity contribution >= 4 is 23.2 Å². The van der Waals surface area contributed by atoms with Crippen LogP contribution in [0.3, 0.4) is 0 Å². The minimum absolute atomic E-state index is 0.382. The first-order chi connectivity index (χ1) is 4.50. The highest BCUT2D eigenvalue weighted by molar-refractivity contribution is 7.80. The van der Waals surface area contributed by atoms with Crippen molar-refractivity contribution in [1.29, 1.82) is 0 Å². The lowest BCUT2D eigenvalue weighted by Crippen LogP contribution is -2.19. The van der Waals surface area contributed by atoms with Gasteiger partial charge in [-0.1, -0.05) is 0 Å². The monoisotopic (exact) mass is 167 g/mol. The zero-order valence-electron chi connectivity index (χ0n) is 4.38. The van der Waals surface area contributed by atoms with Gasteiger partial charge in [0.05, 0.1) is 0 Å². The normalized spacial score (nSPS) is 17.9. The summed E-state index contributed by atoms with van der Waals surface area (Å²) in [5.74, 6) is -1.28. The second-order valence-electron chi connectivity index (χ2n) is 1.42. The molecule has 0 N–H and O–H groups in total. The average molecular weight is 167 g/mol. The molecule has 0 radical (unpaired) electrons. The van der Waals surface area contributed by atoms with E-state index in [2.05, 4.69) is 27.4 Å². The van der Waals surface area contributed by atoms with Crippen molar-refractivity contribution in [2.45, 2.75) is 6.18 Å². The summed E-state index contributed by atoms with van der Waals surface area (Å²) in [6, 6.07) is 0. The van der Waals surface area contributed by atoms with Gasteiger partial charge in [-0.05, 0) is 12.2 Å². The van der Waals surface area contributed by atoms with Gasteiger partial charge in [0.25, 0.3) is 5.84 Å². The molecular weight excluding hydrogens is 167 g/mol. The van der Waals surface area contributed by atoms with Crippen molar-refractivity contribution in [3.8, 4) is 0 Å². The van der Waals surface area contributed by atoms with Gasteiger partial charge in [0.2, 0.25) is 5.11 Å². The molecular formula is C3F3N3S. The molecule has 7 heteroatoms. The molecule has 0 aliphatic carbocycles. The van der Waals surface area contributed by atoms with Crippen LogP contribution in [-0.2, 0) is 0 Å². The summed E-state index contributed by atoms with van der Waals surface area (Å²) in [5.41, 5.74) is 0. The molecule has 0 spiro atoms. The Labute approximate surface area is 58.7 Å². The standard InChI is InChI=1S/C3F3N3S/c4-3(5,6)1-7-2(10)9-8-1. The largest absolute Gasteiger partial charge is 0.453 e. The number of halogens is 3. The number of thiocarbonyl (C=S) groups is 1. The third kappa shape index (κ3) is 1.35. The lowest BCUT2D eigenvalue weighted by molar-refractivity contribution is -0.0595. The van der Waals surface area contributed by atoms with E-state index in [0.29, 0.717) is 0 Å². The molecule has 0 aromatic rings. The van der Waals surface area contributed by atoms with Crippen molar-refractivity contribution in [3.63, 3.8) is 0 Å². The molecule has 0 bridgehead atoms. The van der Waals surface area contributed by atoms with E-state index < -0.39 is 12.0 Å². The van der Waals surface area contributed by atoms with Crippen molar-refractivity contribution in [2.24, 2.45) is 15.2 Å². The summed E-state index contributed by atoms with van der Waals surface area (Å²) in [7, 11) is 0. The maximum absolute atomic E-state index is 11.6. The highest BCUT2D eigenvalue weighted by Crippen LogP contribution is 2.21. The lowest BCUT2D eigenvalue weighted by Gasteiger charge is -1.97. The van der Waals surface area contributed by atoms with Gasteiger partial charge in [-0.25, -0.2) is 0 Å². The van der Waals surface area contributed by atoms with Gasteiger partial charge in [0, 0.05) is 0 Å². The van der Waals surface area contributed by atoms with Crippen LogP contribution in [-0.4, -0.2) is 17.1 Å². The van der Waals surface area contributed by atoms with Crippen LogP contribution in [0.25, 0.3) is 0 Å². The Morgan fingerprint density at radius 2 is 1.80 bits per heavy atom. The number of amidine groups is 1. The molecule has 54 valence electrons. The van der Waals surface area contributed by atoms with E-state index in [1.165, 1.54) is 0 Å². The maximum Gasteiger partial charge on any atom is 0.453 e. The average Bonchev–Trinajstić information content (AvgIpc) is 2.11. The van der Waals surface area contributed by atoms with E-state index >= 15 is 0 Å². The summed E-state index contributed by atoms with van der Waals surface area (Å²) in [6.07, 6.45) is -4.54. The number of nitrogens with zero attached hydrogens (tertiary/aromatic N) is 3. The molecule has 1 heterocycles. The zero-order chi connectivity index (χ0) is 7.78. The Bertz CT molecular complexity index is 228. The number of hydrogen-bond acceptors (Lipinski definition) is 2. The van der Waals surface area contributed by atoms with Gasteiger partial charge in [0.1, 0.15) is 0 Å². The molecule has 1 aliphatic rings. The summed E-state index contributed by atoms with van der Waals surface area (Å²) >= 11 is 4.22. The predicted molar refractivity (Wildman–Crippen MR) is 30.9 cm³/mol. The number of hydrogen-bond donors (Lipinski definition) is 0. The maximum atomic E-state index is 11.6. The van der Waals surface area contributed by atoms with Gasteiger partial charge >= 0.3 is 6.18 Å². The van der Waals surface area contributed by atoms with Crippen LogP contribution in [0.1, 0.15) is 0 Å². The minimum atomic E-state index is -4.54. The molecule has 0 saturated heterocycles. The SMILES string of the molecule is FC(F)(F)C1=NC(=S)N=N1. The van der Waals surface area contributed by atoms with Crippen LogP contribution < -0.4 is 0 Å². The van der Waals surface area contributed by atoms with Crippen LogP contribution >= 0.6 is 12.2 Å². The Kier molecular flexibility index (Phi) is 1.51. The number of azo groups is 1. The molecule has 0 amide bonds. The Hall–Kier alpha value is -0.850. The fourth-order valence-corrected chi connectivity index (χ4v) is 0.473. The van der Waals surface area contributed by atoms with Crippen molar-refractivity contribution in [1.82, 2.24) is 0 Å². The summed E-state index contributed by atoms with van der Waals surface area (Å²) < 4.78 is 34.8. The topological polar surface area (TPSA) is 37.1 Å². The molecule has 0 aromatic heterocycles. The Balaban J connectivity index is 2.88. The van der Waals surface area contributed by atoms with Crippen molar-refractivity contribution < 1.29 is 13.2 Å². The Morgan fingerprint density at radius 1 is 1.20 bits per heavy atom. The highest BCUT2D eigenvalue weighted by Gasteiger charge is 2.38. The summed E-state index contributed by atoms with van der Waals surface area (Å²) in [6.45, 7) is 0. The number of alkyl halides is 3. The van der Waals surface area contributed by atoms with Gasteiger partial charge < -0.3 is 0 Å². The van der Waals surface area contributed by atoms with Crippen LogP contribution in [0.4, 0.5) is 13.2 Å². The fraction of sp³-hybridized carbons (Fsp3) is 0.333. The van der Waals surface area contributed by atoms with Crippen molar-refractivity contribution in [2.75, 3.05) is 0 Å². The van der Waals surface area contributed by atoms with Gasteiger partial charge in [0.15, 0.2) is 0 Å². The third-order valence-electron chi connectivity index (χ3n) is 0.685. The first-order valence-corrected chi connectivity index (χ1v) is 2.52. The smallest absolute Gasteiger partial charge is 0.191 e.